The van der Waals surface area contributed by atoms with Crippen molar-refractivity contribution in [3.8, 4) is 0 Å². The van der Waals surface area contributed by atoms with Gasteiger partial charge >= 0.3 is 6.03 Å². The molecule has 0 bridgehead atoms. The van der Waals surface area contributed by atoms with Crippen LogP contribution < -0.4 is 5.32 Å². The molecular weight excluding hydrogens is 383 g/mol. The van der Waals surface area contributed by atoms with Crippen LogP contribution >= 0.6 is 0 Å². The number of fused-ring (bicyclic) bond motifs is 2. The van der Waals surface area contributed by atoms with Gasteiger partial charge in [0.25, 0.3) is 5.91 Å². The molecule has 7 heteroatoms. The van der Waals surface area contributed by atoms with Gasteiger partial charge in [-0.2, -0.15) is 0 Å². The van der Waals surface area contributed by atoms with E-state index < -0.39 is 17.7 Å². The van der Waals surface area contributed by atoms with Crippen molar-refractivity contribution in [3.05, 3.63) is 94.8 Å². The predicted octanol–water partition coefficient (Wildman–Crippen LogP) is 4.98. The average molecular weight is 400 g/mol. The molecule has 2 aliphatic heterocycles. The Morgan fingerprint density at radius 1 is 1.03 bits per heavy atom. The lowest BCUT2D eigenvalue weighted by atomic mass is 9.88. The number of nitrogens with zero attached hydrogens (tertiary/aromatic N) is 3. The van der Waals surface area contributed by atoms with Crippen LogP contribution in [0.5, 0.6) is 0 Å². The number of benzene rings is 2. The topological polar surface area (TPSA) is 74.1 Å². The first-order valence-corrected chi connectivity index (χ1v) is 9.57. The van der Waals surface area contributed by atoms with Crippen LogP contribution in [0.15, 0.2) is 88.4 Å². The van der Waals surface area contributed by atoms with Crippen LogP contribution in [0.25, 0.3) is 5.70 Å². The number of azo groups is 1. The van der Waals surface area contributed by atoms with Crippen molar-refractivity contribution in [3.63, 3.8) is 0 Å². The highest BCUT2D eigenvalue weighted by atomic mass is 19.1. The molecule has 0 saturated carbocycles. The maximum atomic E-state index is 14.4. The Morgan fingerprint density at radius 3 is 2.43 bits per heavy atom. The molecule has 1 unspecified atom stereocenters. The first-order valence-electron chi connectivity index (χ1n) is 9.57. The molecule has 1 aliphatic carbocycles. The van der Waals surface area contributed by atoms with Crippen molar-refractivity contribution < 1.29 is 14.0 Å². The number of carbonyl (C=O) groups is 2. The first kappa shape index (κ1) is 18.2. The molecule has 2 aromatic rings. The number of hydrogen-bond acceptors (Lipinski definition) is 3. The number of amides is 3. The van der Waals surface area contributed by atoms with Gasteiger partial charge in [0.05, 0.1) is 5.92 Å². The Labute approximate surface area is 172 Å². The second kappa shape index (κ2) is 7.18. The summed E-state index contributed by atoms with van der Waals surface area (Å²) in [7, 11) is 0. The van der Waals surface area contributed by atoms with Crippen LogP contribution in [0, 0.1) is 5.92 Å². The zero-order chi connectivity index (χ0) is 20.7. The van der Waals surface area contributed by atoms with E-state index in [-0.39, 0.29) is 11.6 Å². The van der Waals surface area contributed by atoms with E-state index in [1.54, 1.807) is 35.2 Å². The summed E-state index contributed by atoms with van der Waals surface area (Å²) in [5, 5.41) is 10.5. The summed E-state index contributed by atoms with van der Waals surface area (Å²) in [4.78, 5) is 26.3. The largest absolute Gasteiger partial charge is 0.322 e. The van der Waals surface area contributed by atoms with Gasteiger partial charge in [0.1, 0.15) is 11.5 Å². The Morgan fingerprint density at radius 2 is 1.73 bits per heavy atom. The highest BCUT2D eigenvalue weighted by Gasteiger charge is 2.32. The third kappa shape index (κ3) is 3.14. The molecular formula is C23H17FN4O2. The molecule has 6 nitrogen and oxygen atoms in total. The molecule has 2 heterocycles. The van der Waals surface area contributed by atoms with Gasteiger partial charge in [-0.25, -0.2) is 9.18 Å². The maximum Gasteiger partial charge on any atom is 0.322 e. The molecule has 30 heavy (non-hydrogen) atoms. The minimum absolute atomic E-state index is 0.185. The number of hydrogen-bond donors (Lipinski definition) is 1. The zero-order valence-electron chi connectivity index (χ0n) is 15.9. The molecule has 148 valence electrons. The number of carbonyl (C=O) groups excluding carboxylic acids is 2. The number of nitrogens with one attached hydrogen (secondary N) is 1. The lowest BCUT2D eigenvalue weighted by Gasteiger charge is -2.21. The highest BCUT2D eigenvalue weighted by Crippen LogP contribution is 2.38. The molecule has 1 N–H and O–H groups in total. The van der Waals surface area contributed by atoms with Crippen molar-refractivity contribution >= 4 is 23.3 Å². The molecule has 5 rings (SSSR count). The molecule has 2 aromatic carbocycles. The van der Waals surface area contributed by atoms with Crippen LogP contribution in [0.1, 0.15) is 16.7 Å². The van der Waals surface area contributed by atoms with Crippen LogP contribution in [-0.4, -0.2) is 16.8 Å². The van der Waals surface area contributed by atoms with E-state index >= 15 is 0 Å². The van der Waals surface area contributed by atoms with Crippen LogP contribution in [0.4, 0.5) is 14.9 Å². The molecule has 3 aliphatic rings. The summed E-state index contributed by atoms with van der Waals surface area (Å²) in [5.74, 6) is -1.72. The second-order valence-corrected chi connectivity index (χ2v) is 7.31. The van der Waals surface area contributed by atoms with E-state index in [1.165, 1.54) is 12.2 Å². The lowest BCUT2D eigenvalue weighted by molar-refractivity contribution is -0.120. The Kier molecular flexibility index (Phi) is 4.35. The summed E-state index contributed by atoms with van der Waals surface area (Å²) >= 11 is 0. The van der Waals surface area contributed by atoms with Gasteiger partial charge in [-0.05, 0) is 29.3 Å². The minimum Gasteiger partial charge on any atom is -0.316 e. The second-order valence-electron chi connectivity index (χ2n) is 7.31. The fraction of sp³-hybridized carbons (Fsp3) is 0.130. The van der Waals surface area contributed by atoms with Gasteiger partial charge in [-0.15, -0.1) is 10.2 Å². The number of halogens is 1. The van der Waals surface area contributed by atoms with Gasteiger partial charge in [0, 0.05) is 29.9 Å². The lowest BCUT2D eigenvalue weighted by Crippen LogP contribution is -2.30. The molecule has 0 saturated heterocycles. The minimum atomic E-state index is -0.751. The molecule has 1 atom stereocenters. The van der Waals surface area contributed by atoms with Crippen molar-refractivity contribution in [2.24, 2.45) is 16.1 Å². The molecule has 0 radical (unpaired) electrons. The van der Waals surface area contributed by atoms with Gasteiger partial charge in [0.2, 0.25) is 0 Å². The monoisotopic (exact) mass is 400 g/mol. The quantitative estimate of drug-likeness (QED) is 0.772. The number of anilines is 1. The SMILES string of the molecule is O=C1N=NC(c2ccc(NC(=O)N3Cc4ccccc4C3)cc2)=C2C(F)=CC=CC12. The third-order valence-electron chi connectivity index (χ3n) is 5.42. The molecule has 0 fully saturated rings. The predicted molar refractivity (Wildman–Crippen MR) is 110 cm³/mol. The van der Waals surface area contributed by atoms with E-state index in [2.05, 4.69) is 15.5 Å². The Hall–Kier alpha value is -3.87. The highest BCUT2D eigenvalue weighted by molar-refractivity contribution is 5.93. The van der Waals surface area contributed by atoms with E-state index in [0.717, 1.165) is 11.1 Å². The normalized spacial score (nSPS) is 19.5. The van der Waals surface area contributed by atoms with Crippen molar-refractivity contribution in [2.75, 3.05) is 5.32 Å². The van der Waals surface area contributed by atoms with Gasteiger partial charge in [-0.3, -0.25) is 4.79 Å². The third-order valence-corrected chi connectivity index (χ3v) is 5.42. The fourth-order valence-electron chi connectivity index (χ4n) is 3.87. The van der Waals surface area contributed by atoms with Gasteiger partial charge in [0.15, 0.2) is 0 Å². The van der Waals surface area contributed by atoms with Crippen molar-refractivity contribution in [2.45, 2.75) is 13.1 Å². The van der Waals surface area contributed by atoms with E-state index in [1.807, 2.05) is 24.3 Å². The Balaban J connectivity index is 1.34. The molecule has 0 spiro atoms. The van der Waals surface area contributed by atoms with E-state index in [0.29, 0.717) is 30.0 Å². The van der Waals surface area contributed by atoms with Crippen LogP contribution in [-0.2, 0) is 17.9 Å². The van der Waals surface area contributed by atoms with E-state index in [9.17, 15) is 14.0 Å². The van der Waals surface area contributed by atoms with Gasteiger partial charge < -0.3 is 10.2 Å². The summed E-state index contributed by atoms with van der Waals surface area (Å²) in [6.07, 6.45) is 4.43. The van der Waals surface area contributed by atoms with E-state index in [4.69, 9.17) is 0 Å². The number of urea groups is 1. The fourth-order valence-corrected chi connectivity index (χ4v) is 3.87. The maximum absolute atomic E-state index is 14.4. The summed E-state index contributed by atoms with van der Waals surface area (Å²) in [5.41, 5.74) is 4.09. The first-order chi connectivity index (χ1) is 14.6. The summed E-state index contributed by atoms with van der Waals surface area (Å²) < 4.78 is 14.4. The van der Waals surface area contributed by atoms with Crippen molar-refractivity contribution in [1.29, 1.82) is 0 Å². The summed E-state index contributed by atoms with van der Waals surface area (Å²) in [6, 6.07) is 14.7. The number of rotatable bonds is 2. The number of allylic oxidation sites excluding steroid dienone is 3. The molecule has 0 aromatic heterocycles. The summed E-state index contributed by atoms with van der Waals surface area (Å²) in [6.45, 7) is 1.15. The standard InChI is InChI=1S/C23H17FN4O2/c24-19-7-3-6-18-20(19)21(26-27-22(18)29)14-8-10-17(11-9-14)25-23(30)28-12-15-4-1-2-5-16(15)13-28/h1-11,18H,12-13H2,(H,25,30). The van der Waals surface area contributed by atoms with Crippen LogP contribution in [0.2, 0.25) is 0 Å². The Bertz CT molecular complexity index is 1150. The smallest absolute Gasteiger partial charge is 0.316 e. The average Bonchev–Trinajstić information content (AvgIpc) is 3.20. The molecule has 3 amide bonds. The zero-order valence-corrected chi connectivity index (χ0v) is 15.9. The van der Waals surface area contributed by atoms with Gasteiger partial charge in [-0.1, -0.05) is 48.6 Å². The van der Waals surface area contributed by atoms with Crippen LogP contribution in [0.3, 0.4) is 0 Å². The van der Waals surface area contributed by atoms with Crippen molar-refractivity contribution in [1.82, 2.24) is 4.90 Å².